The van der Waals surface area contributed by atoms with Crippen molar-refractivity contribution in [1.29, 1.82) is 0 Å². The molecule has 3 rings (SSSR count). The van der Waals surface area contributed by atoms with Crippen molar-refractivity contribution in [3.8, 4) is 0 Å². The second-order valence-corrected chi connectivity index (χ2v) is 8.17. The maximum absolute atomic E-state index is 5.96. The van der Waals surface area contributed by atoms with Gasteiger partial charge in [0, 0.05) is 39.2 Å². The molecule has 2 unspecified atom stereocenters. The van der Waals surface area contributed by atoms with Crippen molar-refractivity contribution in [3.63, 3.8) is 0 Å². The Morgan fingerprint density at radius 2 is 2.27 bits per heavy atom. The lowest BCUT2D eigenvalue weighted by Crippen LogP contribution is -2.52. The summed E-state index contributed by atoms with van der Waals surface area (Å²) >= 11 is 1.89. The molecule has 2 fully saturated rings. The van der Waals surface area contributed by atoms with Crippen LogP contribution < -0.4 is 5.32 Å². The van der Waals surface area contributed by atoms with Gasteiger partial charge in [0.25, 0.3) is 0 Å². The number of fused-ring (bicyclic) bond motifs is 1. The Morgan fingerprint density at radius 3 is 3.04 bits per heavy atom. The van der Waals surface area contributed by atoms with E-state index in [1.54, 1.807) is 0 Å². The molecule has 146 valence electrons. The molecule has 0 aromatic carbocycles. The lowest BCUT2D eigenvalue weighted by molar-refractivity contribution is -0.0559. The second kappa shape index (κ2) is 9.60. The van der Waals surface area contributed by atoms with Crippen LogP contribution in [-0.4, -0.2) is 70.0 Å². The summed E-state index contributed by atoms with van der Waals surface area (Å²) in [5.74, 6) is 4.64. The predicted octanol–water partition coefficient (Wildman–Crippen LogP) is 1.82. The third-order valence-electron chi connectivity index (χ3n) is 5.38. The number of likely N-dealkylation sites (tertiary alicyclic amines) is 1. The minimum atomic E-state index is 0.444. The Balaban J connectivity index is 1.65. The van der Waals surface area contributed by atoms with Crippen LogP contribution in [0, 0.1) is 12.8 Å². The van der Waals surface area contributed by atoms with E-state index in [9.17, 15) is 0 Å². The summed E-state index contributed by atoms with van der Waals surface area (Å²) in [6, 6.07) is 0. The molecular formula is C18H32N6OS. The maximum Gasteiger partial charge on any atom is 0.194 e. The number of nitrogens with one attached hydrogen (secondary N) is 1. The summed E-state index contributed by atoms with van der Waals surface area (Å²) in [6.45, 7) is 6.46. The van der Waals surface area contributed by atoms with Gasteiger partial charge in [-0.3, -0.25) is 0 Å². The van der Waals surface area contributed by atoms with Crippen LogP contribution in [0.5, 0.6) is 0 Å². The summed E-state index contributed by atoms with van der Waals surface area (Å²) in [6.07, 6.45) is 7.29. The monoisotopic (exact) mass is 380 g/mol. The van der Waals surface area contributed by atoms with E-state index in [4.69, 9.17) is 9.73 Å². The van der Waals surface area contributed by atoms with Crippen LogP contribution in [-0.2, 0) is 18.3 Å². The van der Waals surface area contributed by atoms with Crippen molar-refractivity contribution < 1.29 is 4.74 Å². The summed E-state index contributed by atoms with van der Waals surface area (Å²) in [7, 11) is 2.00. The Morgan fingerprint density at radius 1 is 1.38 bits per heavy atom. The highest BCUT2D eigenvalue weighted by atomic mass is 32.2. The van der Waals surface area contributed by atoms with Gasteiger partial charge >= 0.3 is 0 Å². The van der Waals surface area contributed by atoms with Gasteiger partial charge in [-0.2, -0.15) is 11.8 Å². The first-order chi connectivity index (χ1) is 12.7. The number of ether oxygens (including phenoxy) is 1. The van der Waals surface area contributed by atoms with E-state index in [0.29, 0.717) is 18.6 Å². The molecule has 2 atom stereocenters. The first-order valence-electron chi connectivity index (χ1n) is 9.67. The predicted molar refractivity (Wildman–Crippen MR) is 107 cm³/mol. The van der Waals surface area contributed by atoms with Gasteiger partial charge in [0.05, 0.1) is 6.10 Å². The number of hydrogen-bond donors (Lipinski definition) is 1. The van der Waals surface area contributed by atoms with Crippen LogP contribution in [0.15, 0.2) is 4.99 Å². The fourth-order valence-corrected chi connectivity index (χ4v) is 4.13. The topological polar surface area (TPSA) is 67.6 Å². The van der Waals surface area contributed by atoms with Crippen LogP contribution in [0.2, 0.25) is 0 Å². The van der Waals surface area contributed by atoms with Crippen molar-refractivity contribution in [2.24, 2.45) is 18.0 Å². The van der Waals surface area contributed by atoms with Crippen LogP contribution in [0.25, 0.3) is 0 Å². The number of nitrogens with zero attached hydrogens (tertiary/aromatic N) is 5. The van der Waals surface area contributed by atoms with Gasteiger partial charge in [-0.1, -0.05) is 0 Å². The van der Waals surface area contributed by atoms with Crippen LogP contribution in [0.3, 0.4) is 0 Å². The Kier molecular flexibility index (Phi) is 7.19. The van der Waals surface area contributed by atoms with Gasteiger partial charge in [0.2, 0.25) is 0 Å². The molecule has 1 aromatic rings. The molecule has 0 bridgehead atoms. The fourth-order valence-electron chi connectivity index (χ4n) is 3.70. The Bertz CT molecular complexity index is 605. The molecule has 2 saturated heterocycles. The molecule has 0 radical (unpaired) electrons. The first kappa shape index (κ1) is 19.5. The average Bonchev–Trinajstić information content (AvgIpc) is 2.99. The van der Waals surface area contributed by atoms with Gasteiger partial charge in [-0.15, -0.1) is 10.2 Å². The second-order valence-electron chi connectivity index (χ2n) is 7.18. The van der Waals surface area contributed by atoms with E-state index in [0.717, 1.165) is 56.7 Å². The largest absolute Gasteiger partial charge is 0.378 e. The molecule has 26 heavy (non-hydrogen) atoms. The summed E-state index contributed by atoms with van der Waals surface area (Å²) in [5.41, 5.74) is 0. The van der Waals surface area contributed by atoms with Crippen LogP contribution in [0.1, 0.15) is 37.3 Å². The first-order valence-corrected chi connectivity index (χ1v) is 11.1. The zero-order chi connectivity index (χ0) is 18.4. The van der Waals surface area contributed by atoms with Crippen molar-refractivity contribution in [2.45, 2.75) is 45.3 Å². The van der Waals surface area contributed by atoms with Gasteiger partial charge in [-0.25, -0.2) is 4.99 Å². The number of aliphatic imine (C=N–C) groups is 1. The molecule has 1 aromatic heterocycles. The highest BCUT2D eigenvalue weighted by Gasteiger charge is 2.33. The molecule has 8 heteroatoms. The molecule has 0 aliphatic carbocycles. The summed E-state index contributed by atoms with van der Waals surface area (Å²) in [4.78, 5) is 7.30. The van der Waals surface area contributed by atoms with Crippen molar-refractivity contribution >= 4 is 17.7 Å². The molecule has 0 amide bonds. The minimum Gasteiger partial charge on any atom is -0.378 e. The molecule has 2 aliphatic rings. The molecule has 1 N–H and O–H groups in total. The number of aryl methyl sites for hydroxylation is 1. The van der Waals surface area contributed by atoms with Crippen molar-refractivity contribution in [2.75, 3.05) is 38.2 Å². The van der Waals surface area contributed by atoms with E-state index in [-0.39, 0.29) is 0 Å². The highest BCUT2D eigenvalue weighted by Crippen LogP contribution is 2.28. The fraction of sp³-hybridized carbons (Fsp3) is 0.833. The number of guanidine groups is 1. The van der Waals surface area contributed by atoms with E-state index in [2.05, 4.69) is 26.7 Å². The third kappa shape index (κ3) is 4.91. The van der Waals surface area contributed by atoms with Crippen molar-refractivity contribution in [3.05, 3.63) is 11.6 Å². The van der Waals surface area contributed by atoms with E-state index in [1.807, 2.05) is 30.3 Å². The Labute approximate surface area is 161 Å². The number of rotatable bonds is 6. The SMILES string of the molecule is CSCCCNC(=NCc1nnc(C)n1C)N1CCC2OCCCC2C1. The van der Waals surface area contributed by atoms with Crippen LogP contribution in [0.4, 0.5) is 0 Å². The van der Waals surface area contributed by atoms with E-state index >= 15 is 0 Å². The number of piperidine rings is 1. The number of thioether (sulfide) groups is 1. The lowest BCUT2D eigenvalue weighted by Gasteiger charge is -2.42. The summed E-state index contributed by atoms with van der Waals surface area (Å²) < 4.78 is 7.97. The highest BCUT2D eigenvalue weighted by molar-refractivity contribution is 7.98. The normalized spacial score (nSPS) is 23.8. The van der Waals surface area contributed by atoms with E-state index in [1.165, 1.54) is 18.6 Å². The molecule has 0 spiro atoms. The van der Waals surface area contributed by atoms with Crippen LogP contribution >= 0.6 is 11.8 Å². The quantitative estimate of drug-likeness (QED) is 0.461. The average molecular weight is 381 g/mol. The third-order valence-corrected chi connectivity index (χ3v) is 6.07. The van der Waals surface area contributed by atoms with Gasteiger partial charge in [-0.05, 0) is 44.6 Å². The van der Waals surface area contributed by atoms with Gasteiger partial charge in [0.15, 0.2) is 11.8 Å². The lowest BCUT2D eigenvalue weighted by atomic mass is 9.88. The zero-order valence-corrected chi connectivity index (χ0v) is 17.1. The van der Waals surface area contributed by atoms with E-state index < -0.39 is 0 Å². The zero-order valence-electron chi connectivity index (χ0n) is 16.3. The van der Waals surface area contributed by atoms with Gasteiger partial charge in [0.1, 0.15) is 12.4 Å². The molecule has 0 saturated carbocycles. The van der Waals surface area contributed by atoms with Crippen molar-refractivity contribution in [1.82, 2.24) is 25.0 Å². The molecule has 7 nitrogen and oxygen atoms in total. The minimum absolute atomic E-state index is 0.444. The smallest absolute Gasteiger partial charge is 0.194 e. The standard InChI is InChI=1S/C18H32N6OS/c1-14-21-22-17(23(14)2)12-20-18(19-8-5-11-26-3)24-9-7-16-15(13-24)6-4-10-25-16/h15-16H,4-13H2,1-3H3,(H,19,20). The molecule has 2 aliphatic heterocycles. The molecular weight excluding hydrogens is 348 g/mol. The maximum atomic E-state index is 5.96. The Hall–Kier alpha value is -1.28. The molecule has 3 heterocycles. The van der Waals surface area contributed by atoms with Gasteiger partial charge < -0.3 is 19.5 Å². The summed E-state index contributed by atoms with van der Waals surface area (Å²) in [5, 5.41) is 12.0. The number of aromatic nitrogens is 3. The number of hydrogen-bond acceptors (Lipinski definition) is 5.